The van der Waals surface area contributed by atoms with Gasteiger partial charge in [-0.1, -0.05) is 32.3 Å². The lowest BCUT2D eigenvalue weighted by molar-refractivity contribution is -0.131. The van der Waals surface area contributed by atoms with Crippen LogP contribution in [0.3, 0.4) is 0 Å². The van der Waals surface area contributed by atoms with Gasteiger partial charge in [0.15, 0.2) is 5.84 Å². The molecule has 1 atom stereocenters. The lowest BCUT2D eigenvalue weighted by Crippen LogP contribution is -2.39. The normalized spacial score (nSPS) is 13.6. The highest BCUT2D eigenvalue weighted by Gasteiger charge is 2.16. The second-order valence-corrected chi connectivity index (χ2v) is 4.12. The largest absolute Gasteiger partial charge is 0.409 e. The molecule has 0 aliphatic heterocycles. The summed E-state index contributed by atoms with van der Waals surface area (Å²) in [5.41, 5.74) is 5.41. The highest BCUT2D eigenvalue weighted by Crippen LogP contribution is 2.09. The van der Waals surface area contributed by atoms with Gasteiger partial charge in [0.1, 0.15) is 0 Å². The molecule has 0 aromatic heterocycles. The zero-order valence-electron chi connectivity index (χ0n) is 10.4. The monoisotopic (exact) mass is 229 g/mol. The Morgan fingerprint density at radius 2 is 2.12 bits per heavy atom. The lowest BCUT2D eigenvalue weighted by Gasteiger charge is -2.22. The molecule has 0 rings (SSSR count). The third-order valence-electron chi connectivity index (χ3n) is 2.55. The van der Waals surface area contributed by atoms with Crippen molar-refractivity contribution < 1.29 is 10.0 Å². The van der Waals surface area contributed by atoms with Crippen molar-refractivity contribution in [3.63, 3.8) is 0 Å². The quantitative estimate of drug-likeness (QED) is 0.300. The minimum atomic E-state index is 0.0720. The number of amidine groups is 1. The first kappa shape index (κ1) is 14.7. The molecule has 94 valence electrons. The van der Waals surface area contributed by atoms with E-state index >= 15 is 0 Å². The van der Waals surface area contributed by atoms with Crippen molar-refractivity contribution in [2.45, 2.75) is 40.0 Å². The van der Waals surface area contributed by atoms with Gasteiger partial charge in [0, 0.05) is 13.0 Å². The van der Waals surface area contributed by atoms with E-state index in [2.05, 4.69) is 12.1 Å². The molecule has 0 aliphatic rings. The van der Waals surface area contributed by atoms with E-state index in [1.54, 1.807) is 4.90 Å². The van der Waals surface area contributed by atoms with Crippen molar-refractivity contribution in [1.82, 2.24) is 4.90 Å². The molecule has 1 amide bonds. The molecule has 0 saturated carbocycles. The molecule has 0 fully saturated rings. The van der Waals surface area contributed by atoms with Crippen LogP contribution in [0.1, 0.15) is 40.0 Å². The molecule has 0 heterocycles. The van der Waals surface area contributed by atoms with Crippen LogP contribution in [0.2, 0.25) is 0 Å². The van der Waals surface area contributed by atoms with Gasteiger partial charge in [-0.3, -0.25) is 4.79 Å². The van der Waals surface area contributed by atoms with E-state index in [9.17, 15) is 4.79 Å². The summed E-state index contributed by atoms with van der Waals surface area (Å²) in [4.78, 5) is 13.5. The van der Waals surface area contributed by atoms with Gasteiger partial charge in [-0.2, -0.15) is 0 Å². The van der Waals surface area contributed by atoms with Gasteiger partial charge in [-0.15, -0.1) is 0 Å². The number of nitrogens with zero attached hydrogens (tertiary/aromatic N) is 2. The van der Waals surface area contributed by atoms with Gasteiger partial charge in [-0.05, 0) is 12.3 Å². The number of amides is 1. The van der Waals surface area contributed by atoms with Crippen molar-refractivity contribution in [2.24, 2.45) is 16.8 Å². The van der Waals surface area contributed by atoms with Crippen LogP contribution in [-0.4, -0.2) is 34.9 Å². The van der Waals surface area contributed by atoms with Gasteiger partial charge < -0.3 is 15.8 Å². The predicted octanol–water partition coefficient (Wildman–Crippen LogP) is 1.41. The third-order valence-corrected chi connectivity index (χ3v) is 2.55. The summed E-state index contributed by atoms with van der Waals surface area (Å²) in [6.07, 6.45) is 2.37. The first-order valence-corrected chi connectivity index (χ1v) is 5.79. The minimum Gasteiger partial charge on any atom is -0.409 e. The summed E-state index contributed by atoms with van der Waals surface area (Å²) in [6, 6.07) is 0. The Morgan fingerprint density at radius 3 is 2.56 bits per heavy atom. The Balaban J connectivity index is 4.34. The average Bonchev–Trinajstić information content (AvgIpc) is 2.27. The molecule has 0 aromatic carbocycles. The zero-order chi connectivity index (χ0) is 12.6. The van der Waals surface area contributed by atoms with E-state index in [1.807, 2.05) is 13.8 Å². The van der Waals surface area contributed by atoms with Crippen LogP contribution < -0.4 is 5.73 Å². The number of nitrogens with two attached hydrogens (primary N) is 1. The van der Waals surface area contributed by atoms with Crippen LogP contribution in [0.5, 0.6) is 0 Å². The standard InChI is InChI=1S/C11H23N3O2/c1-4-6-14(8-10(12)13-16)11(15)7-9(3)5-2/h9,16H,4-8H2,1-3H3,(H2,12,13). The zero-order valence-corrected chi connectivity index (χ0v) is 10.4. The van der Waals surface area contributed by atoms with Crippen LogP contribution in [0.4, 0.5) is 0 Å². The topological polar surface area (TPSA) is 78.9 Å². The number of rotatable bonds is 7. The Labute approximate surface area is 97.3 Å². The number of carbonyl (C=O) groups excluding carboxylic acids is 1. The molecular formula is C11H23N3O2. The minimum absolute atomic E-state index is 0.0720. The van der Waals surface area contributed by atoms with E-state index < -0.39 is 0 Å². The summed E-state index contributed by atoms with van der Waals surface area (Å²) in [5.74, 6) is 0.521. The summed E-state index contributed by atoms with van der Waals surface area (Å²) in [5, 5.41) is 11.4. The molecule has 0 aromatic rings. The number of oxime groups is 1. The summed E-state index contributed by atoms with van der Waals surface area (Å²) in [7, 11) is 0. The molecule has 0 aliphatic carbocycles. The van der Waals surface area contributed by atoms with Crippen LogP contribution in [0.25, 0.3) is 0 Å². The number of carbonyl (C=O) groups is 1. The molecule has 3 N–H and O–H groups in total. The third kappa shape index (κ3) is 5.58. The second kappa shape index (κ2) is 7.96. The fourth-order valence-corrected chi connectivity index (χ4v) is 1.36. The Hall–Kier alpha value is -1.26. The van der Waals surface area contributed by atoms with E-state index in [0.717, 1.165) is 12.8 Å². The Morgan fingerprint density at radius 1 is 1.50 bits per heavy atom. The molecule has 1 unspecified atom stereocenters. The van der Waals surface area contributed by atoms with Crippen LogP contribution in [0, 0.1) is 5.92 Å². The van der Waals surface area contributed by atoms with Gasteiger partial charge in [0.05, 0.1) is 6.54 Å². The molecule has 0 bridgehead atoms. The van der Waals surface area contributed by atoms with Crippen molar-refractivity contribution in [2.75, 3.05) is 13.1 Å². The van der Waals surface area contributed by atoms with Gasteiger partial charge in [-0.25, -0.2) is 0 Å². The van der Waals surface area contributed by atoms with E-state index in [-0.39, 0.29) is 18.3 Å². The van der Waals surface area contributed by atoms with E-state index in [4.69, 9.17) is 10.9 Å². The highest BCUT2D eigenvalue weighted by atomic mass is 16.4. The second-order valence-electron chi connectivity index (χ2n) is 4.12. The molecule has 5 nitrogen and oxygen atoms in total. The van der Waals surface area contributed by atoms with Crippen LogP contribution in [-0.2, 0) is 4.79 Å². The maximum absolute atomic E-state index is 11.9. The van der Waals surface area contributed by atoms with Gasteiger partial charge >= 0.3 is 0 Å². The first-order valence-electron chi connectivity index (χ1n) is 5.79. The fourth-order valence-electron chi connectivity index (χ4n) is 1.36. The molecule has 0 radical (unpaired) electrons. The van der Waals surface area contributed by atoms with Crippen molar-refractivity contribution in [1.29, 1.82) is 0 Å². The fraction of sp³-hybridized carbons (Fsp3) is 0.818. The van der Waals surface area contributed by atoms with Crippen molar-refractivity contribution in [3.05, 3.63) is 0 Å². The van der Waals surface area contributed by atoms with Crippen LogP contribution in [0.15, 0.2) is 5.16 Å². The van der Waals surface area contributed by atoms with E-state index in [0.29, 0.717) is 18.9 Å². The summed E-state index contributed by atoms with van der Waals surface area (Å²) >= 11 is 0. The first-order chi connectivity index (χ1) is 7.54. The SMILES string of the molecule is CCCN(CC(N)=NO)C(=O)CC(C)CC. The van der Waals surface area contributed by atoms with Gasteiger partial charge in [0.25, 0.3) is 0 Å². The van der Waals surface area contributed by atoms with Crippen molar-refractivity contribution >= 4 is 11.7 Å². The molecular weight excluding hydrogens is 206 g/mol. The smallest absolute Gasteiger partial charge is 0.223 e. The molecule has 0 saturated heterocycles. The van der Waals surface area contributed by atoms with Crippen molar-refractivity contribution in [3.8, 4) is 0 Å². The average molecular weight is 229 g/mol. The highest BCUT2D eigenvalue weighted by molar-refractivity contribution is 5.86. The number of hydrogen-bond acceptors (Lipinski definition) is 3. The number of hydrogen-bond donors (Lipinski definition) is 2. The Kier molecular flexibility index (Phi) is 7.33. The van der Waals surface area contributed by atoms with Crippen LogP contribution >= 0.6 is 0 Å². The summed E-state index contributed by atoms with van der Waals surface area (Å²) in [6.45, 7) is 6.96. The maximum atomic E-state index is 11.9. The predicted molar refractivity (Wildman–Crippen MR) is 64.4 cm³/mol. The maximum Gasteiger partial charge on any atom is 0.223 e. The Bertz CT molecular complexity index is 241. The molecule has 16 heavy (non-hydrogen) atoms. The summed E-state index contributed by atoms with van der Waals surface area (Å²) < 4.78 is 0. The van der Waals surface area contributed by atoms with E-state index in [1.165, 1.54) is 0 Å². The lowest BCUT2D eigenvalue weighted by atomic mass is 10.0. The van der Waals surface area contributed by atoms with Gasteiger partial charge in [0.2, 0.25) is 5.91 Å². The molecule has 0 spiro atoms. The molecule has 5 heteroatoms.